The highest BCUT2D eigenvalue weighted by Crippen LogP contribution is 2.14. The molecule has 7 heteroatoms. The lowest BCUT2D eigenvalue weighted by molar-refractivity contribution is 0.375. The largest absolute Gasteiger partial charge is 0.359 e. The molecule has 138 valence electrons. The van der Waals surface area contributed by atoms with Crippen LogP contribution in [0.15, 0.2) is 39.8 Å². The molecule has 0 aliphatic rings. The molecule has 1 aromatic heterocycles. The van der Waals surface area contributed by atoms with E-state index in [-0.39, 0.29) is 29.8 Å². The average Bonchev–Trinajstić information content (AvgIpc) is 3.00. The first-order chi connectivity index (χ1) is 11.5. The van der Waals surface area contributed by atoms with Crippen molar-refractivity contribution >= 4 is 29.9 Å². The zero-order valence-electron chi connectivity index (χ0n) is 15.1. The number of benzene rings is 1. The molecule has 2 aromatic rings. The van der Waals surface area contributed by atoms with Gasteiger partial charge in [0.05, 0.1) is 5.69 Å². The molecule has 1 aromatic carbocycles. The quantitative estimate of drug-likeness (QED) is 0.400. The van der Waals surface area contributed by atoms with Crippen molar-refractivity contribution in [3.8, 4) is 0 Å². The van der Waals surface area contributed by atoms with Crippen molar-refractivity contribution in [2.75, 3.05) is 13.6 Å². The van der Waals surface area contributed by atoms with Gasteiger partial charge in [-0.25, -0.2) is 9.38 Å². The monoisotopic (exact) mass is 460 g/mol. The van der Waals surface area contributed by atoms with E-state index < -0.39 is 0 Å². The van der Waals surface area contributed by atoms with Crippen molar-refractivity contribution in [2.24, 2.45) is 4.99 Å². The molecule has 1 heterocycles. The van der Waals surface area contributed by atoms with Gasteiger partial charge in [0.25, 0.3) is 0 Å². The fourth-order valence-electron chi connectivity index (χ4n) is 2.28. The van der Waals surface area contributed by atoms with E-state index in [4.69, 9.17) is 4.52 Å². The standard InChI is InChI=1S/C18H25FN4O.HI/c1-5-20-18(21-11-16-10-17(13(2)3)22-24-16)23(4)12-14-7-6-8-15(19)9-14;/h6-10,13H,5,11-12H2,1-4H3,(H,20,21);1H. The molecule has 0 unspecified atom stereocenters. The van der Waals surface area contributed by atoms with Crippen LogP contribution >= 0.6 is 24.0 Å². The predicted molar refractivity (Wildman–Crippen MR) is 109 cm³/mol. The number of halogens is 2. The third-order valence-corrected chi connectivity index (χ3v) is 3.56. The minimum absolute atomic E-state index is 0. The molecule has 25 heavy (non-hydrogen) atoms. The Labute approximate surface area is 165 Å². The maximum Gasteiger partial charge on any atom is 0.194 e. The van der Waals surface area contributed by atoms with Crippen LogP contribution in [0.25, 0.3) is 0 Å². The van der Waals surface area contributed by atoms with Gasteiger partial charge >= 0.3 is 0 Å². The first kappa shape index (κ1) is 21.4. The molecule has 0 atom stereocenters. The van der Waals surface area contributed by atoms with Crippen molar-refractivity contribution in [3.05, 3.63) is 53.2 Å². The zero-order chi connectivity index (χ0) is 17.5. The Morgan fingerprint density at radius 1 is 1.36 bits per heavy atom. The van der Waals surface area contributed by atoms with Crippen LogP contribution in [0.4, 0.5) is 4.39 Å². The van der Waals surface area contributed by atoms with E-state index in [9.17, 15) is 4.39 Å². The molecule has 0 fully saturated rings. The van der Waals surface area contributed by atoms with Gasteiger partial charge in [-0.3, -0.25) is 0 Å². The number of rotatable bonds is 6. The second-order valence-corrected chi connectivity index (χ2v) is 6.03. The fourth-order valence-corrected chi connectivity index (χ4v) is 2.28. The van der Waals surface area contributed by atoms with E-state index >= 15 is 0 Å². The molecule has 1 N–H and O–H groups in total. The van der Waals surface area contributed by atoms with E-state index in [1.807, 2.05) is 31.0 Å². The van der Waals surface area contributed by atoms with Gasteiger partial charge < -0.3 is 14.7 Å². The summed E-state index contributed by atoms with van der Waals surface area (Å²) in [5.41, 5.74) is 1.82. The lowest BCUT2D eigenvalue weighted by atomic mass is 10.1. The summed E-state index contributed by atoms with van der Waals surface area (Å²) in [5, 5.41) is 7.28. The van der Waals surface area contributed by atoms with Gasteiger partial charge in [0.1, 0.15) is 12.4 Å². The lowest BCUT2D eigenvalue weighted by Crippen LogP contribution is -2.38. The van der Waals surface area contributed by atoms with Crippen molar-refractivity contribution < 1.29 is 8.91 Å². The third-order valence-electron chi connectivity index (χ3n) is 3.56. The summed E-state index contributed by atoms with van der Waals surface area (Å²) in [5.74, 6) is 1.57. The SMILES string of the molecule is CCNC(=NCc1cc(C(C)C)no1)N(C)Cc1cccc(F)c1.I. The Morgan fingerprint density at radius 3 is 2.72 bits per heavy atom. The molecular formula is C18H26FIN4O. The molecule has 0 saturated heterocycles. The highest BCUT2D eigenvalue weighted by Gasteiger charge is 2.10. The van der Waals surface area contributed by atoms with E-state index in [0.29, 0.717) is 19.0 Å². The maximum atomic E-state index is 13.3. The van der Waals surface area contributed by atoms with Gasteiger partial charge in [-0.1, -0.05) is 31.1 Å². The molecule has 0 amide bonds. The summed E-state index contributed by atoms with van der Waals surface area (Å²) < 4.78 is 18.6. The van der Waals surface area contributed by atoms with Gasteiger partial charge in [-0.05, 0) is 30.5 Å². The molecule has 0 spiro atoms. The van der Waals surface area contributed by atoms with Crippen LogP contribution in [-0.2, 0) is 13.1 Å². The number of nitrogens with one attached hydrogen (secondary N) is 1. The predicted octanol–water partition coefficient (Wildman–Crippen LogP) is 4.15. The number of aromatic nitrogens is 1. The van der Waals surface area contributed by atoms with E-state index in [2.05, 4.69) is 29.3 Å². The van der Waals surface area contributed by atoms with Crippen LogP contribution in [0.1, 0.15) is 43.7 Å². The minimum Gasteiger partial charge on any atom is -0.359 e. The fraction of sp³-hybridized carbons (Fsp3) is 0.444. The highest BCUT2D eigenvalue weighted by molar-refractivity contribution is 14.0. The molecule has 0 bridgehead atoms. The van der Waals surface area contributed by atoms with Crippen molar-refractivity contribution in [1.29, 1.82) is 0 Å². The second-order valence-electron chi connectivity index (χ2n) is 6.03. The smallest absolute Gasteiger partial charge is 0.194 e. The second kappa shape index (κ2) is 10.4. The highest BCUT2D eigenvalue weighted by atomic mass is 127. The first-order valence-electron chi connectivity index (χ1n) is 8.19. The number of nitrogens with zero attached hydrogens (tertiary/aromatic N) is 3. The van der Waals surface area contributed by atoms with Crippen LogP contribution in [0.5, 0.6) is 0 Å². The molecule has 2 rings (SSSR count). The van der Waals surface area contributed by atoms with Crippen LogP contribution in [0, 0.1) is 5.82 Å². The van der Waals surface area contributed by atoms with Crippen LogP contribution < -0.4 is 5.32 Å². The average molecular weight is 460 g/mol. The number of guanidine groups is 1. The van der Waals surface area contributed by atoms with E-state index in [0.717, 1.165) is 29.5 Å². The van der Waals surface area contributed by atoms with Crippen molar-refractivity contribution in [2.45, 2.75) is 39.8 Å². The Kier molecular flexibility index (Phi) is 8.88. The van der Waals surface area contributed by atoms with Crippen LogP contribution in [0.2, 0.25) is 0 Å². The summed E-state index contributed by atoms with van der Waals surface area (Å²) in [6.07, 6.45) is 0. The van der Waals surface area contributed by atoms with Gasteiger partial charge in [0.2, 0.25) is 0 Å². The maximum absolute atomic E-state index is 13.3. The normalized spacial score (nSPS) is 11.4. The molecule has 5 nitrogen and oxygen atoms in total. The Morgan fingerprint density at radius 2 is 2.12 bits per heavy atom. The lowest BCUT2D eigenvalue weighted by Gasteiger charge is -2.22. The Balaban J connectivity index is 0.00000312. The van der Waals surface area contributed by atoms with Gasteiger partial charge in [0, 0.05) is 26.2 Å². The van der Waals surface area contributed by atoms with Crippen LogP contribution in [-0.4, -0.2) is 29.6 Å². The number of hydrogen-bond acceptors (Lipinski definition) is 3. The molecule has 0 aliphatic heterocycles. The molecule has 0 aliphatic carbocycles. The van der Waals surface area contributed by atoms with E-state index in [1.165, 1.54) is 12.1 Å². The topological polar surface area (TPSA) is 53.7 Å². The summed E-state index contributed by atoms with van der Waals surface area (Å²) in [4.78, 5) is 6.54. The minimum atomic E-state index is -0.231. The third kappa shape index (κ3) is 6.64. The van der Waals surface area contributed by atoms with E-state index in [1.54, 1.807) is 6.07 Å². The summed E-state index contributed by atoms with van der Waals surface area (Å²) in [7, 11) is 1.92. The summed E-state index contributed by atoms with van der Waals surface area (Å²) in [6.45, 7) is 7.88. The number of hydrogen-bond donors (Lipinski definition) is 1. The molecular weight excluding hydrogens is 434 g/mol. The van der Waals surface area contributed by atoms with Gasteiger partial charge in [-0.2, -0.15) is 0 Å². The summed E-state index contributed by atoms with van der Waals surface area (Å²) in [6, 6.07) is 8.52. The molecule has 0 radical (unpaired) electrons. The number of aliphatic imine (C=N–C) groups is 1. The Hall–Kier alpha value is -1.64. The van der Waals surface area contributed by atoms with Gasteiger partial charge in [-0.15, -0.1) is 24.0 Å². The van der Waals surface area contributed by atoms with Gasteiger partial charge in [0.15, 0.2) is 11.7 Å². The van der Waals surface area contributed by atoms with Crippen molar-refractivity contribution in [3.63, 3.8) is 0 Å². The van der Waals surface area contributed by atoms with Crippen LogP contribution in [0.3, 0.4) is 0 Å². The zero-order valence-corrected chi connectivity index (χ0v) is 17.5. The molecule has 0 saturated carbocycles. The first-order valence-corrected chi connectivity index (χ1v) is 8.19. The summed E-state index contributed by atoms with van der Waals surface area (Å²) >= 11 is 0. The Bertz CT molecular complexity index is 687. The van der Waals surface area contributed by atoms with Crippen molar-refractivity contribution in [1.82, 2.24) is 15.4 Å².